The molecule has 0 aliphatic carbocycles. The highest BCUT2D eigenvalue weighted by Gasteiger charge is 2.01. The predicted octanol–water partition coefficient (Wildman–Crippen LogP) is 4.87. The molecule has 0 aliphatic rings. The largest absolute Gasteiger partial charge is 0.340 e. The highest BCUT2D eigenvalue weighted by atomic mass is 79.9. The van der Waals surface area contributed by atoms with Crippen LogP contribution in [0.3, 0.4) is 0 Å². The van der Waals surface area contributed by atoms with Crippen LogP contribution in [0, 0.1) is 5.82 Å². The van der Waals surface area contributed by atoms with Crippen molar-refractivity contribution in [2.45, 2.75) is 0 Å². The van der Waals surface area contributed by atoms with Gasteiger partial charge < -0.3 is 10.6 Å². The Morgan fingerprint density at radius 1 is 0.818 bits per heavy atom. The first-order valence-corrected chi connectivity index (χ1v) is 7.35. The Morgan fingerprint density at radius 2 is 1.50 bits per heavy atom. The van der Waals surface area contributed by atoms with Gasteiger partial charge in [0.2, 0.25) is 0 Å². The van der Waals surface area contributed by atoms with Crippen LogP contribution in [0.25, 0.3) is 0 Å². The van der Waals surface area contributed by atoms with E-state index in [1.54, 1.807) is 18.2 Å². The van der Waals surface area contributed by atoms with Crippen LogP contribution in [0.2, 0.25) is 0 Å². The molecule has 0 amide bonds. The van der Waals surface area contributed by atoms with Crippen molar-refractivity contribution in [1.29, 1.82) is 0 Å². The molecule has 0 atom stereocenters. The maximum absolute atomic E-state index is 13.2. The second-order valence-corrected chi connectivity index (χ2v) is 5.47. The average molecular weight is 359 g/mol. The van der Waals surface area contributed by atoms with Gasteiger partial charge in [0.15, 0.2) is 0 Å². The summed E-state index contributed by atoms with van der Waals surface area (Å²) in [4.78, 5) is 8.30. The highest BCUT2D eigenvalue weighted by Crippen LogP contribution is 2.21. The van der Waals surface area contributed by atoms with Gasteiger partial charge in [-0.25, -0.2) is 14.4 Å². The molecule has 0 bridgehead atoms. The summed E-state index contributed by atoms with van der Waals surface area (Å²) in [6, 6.07) is 15.7. The van der Waals surface area contributed by atoms with Crippen LogP contribution in [0.4, 0.5) is 27.4 Å². The summed E-state index contributed by atoms with van der Waals surface area (Å²) in [6.07, 6.45) is 1.45. The maximum Gasteiger partial charge on any atom is 0.135 e. The first-order valence-electron chi connectivity index (χ1n) is 6.56. The zero-order valence-electron chi connectivity index (χ0n) is 11.4. The Labute approximate surface area is 135 Å². The number of benzene rings is 2. The standard InChI is InChI=1S/C16H12BrFN4/c17-11-4-6-13(7-5-11)21-15-9-16(20-10-19-15)22-14-3-1-2-12(18)8-14/h1-10H,(H2,19,20,21,22). The van der Waals surface area contributed by atoms with Crippen LogP contribution in [-0.4, -0.2) is 9.97 Å². The highest BCUT2D eigenvalue weighted by molar-refractivity contribution is 9.10. The summed E-state index contributed by atoms with van der Waals surface area (Å²) in [5.41, 5.74) is 1.55. The molecule has 0 saturated carbocycles. The molecule has 3 aromatic rings. The van der Waals surface area contributed by atoms with Gasteiger partial charge in [-0.05, 0) is 42.5 Å². The summed E-state index contributed by atoms with van der Waals surface area (Å²) in [5.74, 6) is 0.934. The number of hydrogen-bond acceptors (Lipinski definition) is 4. The van der Waals surface area contributed by atoms with Crippen molar-refractivity contribution in [3.05, 3.63) is 71.2 Å². The van der Waals surface area contributed by atoms with Gasteiger partial charge in [0.25, 0.3) is 0 Å². The number of nitrogens with zero attached hydrogens (tertiary/aromatic N) is 2. The normalized spacial score (nSPS) is 10.3. The van der Waals surface area contributed by atoms with Gasteiger partial charge in [-0.3, -0.25) is 0 Å². The van der Waals surface area contributed by atoms with Gasteiger partial charge in [0, 0.05) is 21.9 Å². The van der Waals surface area contributed by atoms with E-state index >= 15 is 0 Å². The lowest BCUT2D eigenvalue weighted by Crippen LogP contribution is -1.98. The molecule has 0 spiro atoms. The average Bonchev–Trinajstić information content (AvgIpc) is 2.50. The van der Waals surface area contributed by atoms with Crippen LogP contribution in [0.15, 0.2) is 65.4 Å². The Balaban J connectivity index is 1.76. The number of nitrogens with one attached hydrogen (secondary N) is 2. The van der Waals surface area contributed by atoms with Gasteiger partial charge in [0.05, 0.1) is 0 Å². The quantitative estimate of drug-likeness (QED) is 0.698. The minimum absolute atomic E-state index is 0.299. The molecule has 0 aliphatic heterocycles. The molecule has 0 fully saturated rings. The molecular formula is C16H12BrFN4. The van der Waals surface area contributed by atoms with Gasteiger partial charge in [0.1, 0.15) is 23.8 Å². The monoisotopic (exact) mass is 358 g/mol. The fraction of sp³-hybridized carbons (Fsp3) is 0. The fourth-order valence-electron chi connectivity index (χ4n) is 1.89. The fourth-order valence-corrected chi connectivity index (χ4v) is 2.15. The van der Waals surface area contributed by atoms with E-state index < -0.39 is 0 Å². The number of rotatable bonds is 4. The molecule has 0 radical (unpaired) electrons. The number of halogens is 2. The topological polar surface area (TPSA) is 49.8 Å². The second-order valence-electron chi connectivity index (χ2n) is 4.56. The summed E-state index contributed by atoms with van der Waals surface area (Å²) >= 11 is 3.39. The lowest BCUT2D eigenvalue weighted by Gasteiger charge is -2.09. The Bertz CT molecular complexity index is 777. The van der Waals surface area contributed by atoms with Crippen LogP contribution < -0.4 is 10.6 Å². The van der Waals surface area contributed by atoms with Gasteiger partial charge in [-0.2, -0.15) is 0 Å². The number of aromatic nitrogens is 2. The Hall–Kier alpha value is -2.47. The Morgan fingerprint density at radius 3 is 2.18 bits per heavy atom. The van der Waals surface area contributed by atoms with E-state index in [0.29, 0.717) is 17.3 Å². The van der Waals surface area contributed by atoms with Crippen molar-refractivity contribution in [3.8, 4) is 0 Å². The van der Waals surface area contributed by atoms with E-state index in [1.165, 1.54) is 18.5 Å². The molecule has 0 unspecified atom stereocenters. The number of hydrogen-bond donors (Lipinski definition) is 2. The summed E-state index contributed by atoms with van der Waals surface area (Å²) < 4.78 is 14.2. The molecule has 1 heterocycles. The zero-order chi connectivity index (χ0) is 15.4. The third-order valence-electron chi connectivity index (χ3n) is 2.88. The lowest BCUT2D eigenvalue weighted by molar-refractivity contribution is 0.628. The predicted molar refractivity (Wildman–Crippen MR) is 89.1 cm³/mol. The van der Waals surface area contributed by atoms with E-state index in [9.17, 15) is 4.39 Å². The van der Waals surface area contributed by atoms with Crippen LogP contribution in [0.5, 0.6) is 0 Å². The van der Waals surface area contributed by atoms with Crippen molar-refractivity contribution < 1.29 is 4.39 Å². The third-order valence-corrected chi connectivity index (χ3v) is 3.41. The molecule has 2 N–H and O–H groups in total. The number of anilines is 4. The molecule has 22 heavy (non-hydrogen) atoms. The Kier molecular flexibility index (Phi) is 4.29. The van der Waals surface area contributed by atoms with Crippen molar-refractivity contribution in [2.75, 3.05) is 10.6 Å². The zero-order valence-corrected chi connectivity index (χ0v) is 13.0. The minimum atomic E-state index is -0.299. The molecule has 1 aromatic heterocycles. The van der Waals surface area contributed by atoms with Crippen LogP contribution >= 0.6 is 15.9 Å². The molecule has 2 aromatic carbocycles. The van der Waals surface area contributed by atoms with Crippen molar-refractivity contribution in [3.63, 3.8) is 0 Å². The van der Waals surface area contributed by atoms with Gasteiger partial charge in [-0.1, -0.05) is 22.0 Å². The molecule has 4 nitrogen and oxygen atoms in total. The smallest absolute Gasteiger partial charge is 0.135 e. The van der Waals surface area contributed by atoms with E-state index in [0.717, 1.165) is 10.2 Å². The van der Waals surface area contributed by atoms with E-state index in [2.05, 4.69) is 36.5 Å². The first kappa shape index (κ1) is 14.5. The van der Waals surface area contributed by atoms with E-state index in [-0.39, 0.29) is 5.82 Å². The maximum atomic E-state index is 13.2. The molecule has 110 valence electrons. The first-order chi connectivity index (χ1) is 10.7. The summed E-state index contributed by atoms with van der Waals surface area (Å²) in [6.45, 7) is 0. The third kappa shape index (κ3) is 3.79. The van der Waals surface area contributed by atoms with Crippen LogP contribution in [-0.2, 0) is 0 Å². The molecule has 6 heteroatoms. The van der Waals surface area contributed by atoms with E-state index in [1.807, 2.05) is 24.3 Å². The SMILES string of the molecule is Fc1cccc(Nc2cc(Nc3ccc(Br)cc3)ncn2)c1. The van der Waals surface area contributed by atoms with Crippen molar-refractivity contribution in [2.24, 2.45) is 0 Å². The summed E-state index contributed by atoms with van der Waals surface area (Å²) in [5, 5.41) is 6.22. The minimum Gasteiger partial charge on any atom is -0.340 e. The summed E-state index contributed by atoms with van der Waals surface area (Å²) in [7, 11) is 0. The van der Waals surface area contributed by atoms with Gasteiger partial charge >= 0.3 is 0 Å². The van der Waals surface area contributed by atoms with E-state index in [4.69, 9.17) is 0 Å². The van der Waals surface area contributed by atoms with Gasteiger partial charge in [-0.15, -0.1) is 0 Å². The molecular weight excluding hydrogens is 347 g/mol. The second kappa shape index (κ2) is 6.53. The molecule has 3 rings (SSSR count). The van der Waals surface area contributed by atoms with Crippen molar-refractivity contribution >= 4 is 38.9 Å². The van der Waals surface area contributed by atoms with Crippen molar-refractivity contribution in [1.82, 2.24) is 9.97 Å². The molecule has 0 saturated heterocycles. The lowest BCUT2D eigenvalue weighted by atomic mass is 10.3. The van der Waals surface area contributed by atoms with Crippen LogP contribution in [0.1, 0.15) is 0 Å².